The predicted molar refractivity (Wildman–Crippen MR) is 177 cm³/mol. The van der Waals surface area contributed by atoms with E-state index in [1.807, 2.05) is 0 Å². The van der Waals surface area contributed by atoms with Gasteiger partial charge >= 0.3 is 11.9 Å². The van der Waals surface area contributed by atoms with E-state index in [4.69, 9.17) is 15.2 Å². The van der Waals surface area contributed by atoms with Crippen molar-refractivity contribution in [1.29, 1.82) is 0 Å². The van der Waals surface area contributed by atoms with E-state index in [0.717, 1.165) is 14.2 Å². The lowest BCUT2D eigenvalue weighted by Gasteiger charge is -2.27. The van der Waals surface area contributed by atoms with Gasteiger partial charge in [0, 0.05) is 29.7 Å². The third-order valence-corrected chi connectivity index (χ3v) is 8.76. The summed E-state index contributed by atoms with van der Waals surface area (Å²) in [5, 5.41) is 12.6. The van der Waals surface area contributed by atoms with E-state index >= 15 is 0 Å². The number of amides is 1. The molecule has 8 N–H and O–H groups in total. The fraction of sp³-hybridized carbons (Fsp3) is 0.258. The third-order valence-electron chi connectivity index (χ3n) is 7.79. The highest BCUT2D eigenvalue weighted by Crippen LogP contribution is 2.35. The molecule has 0 fully saturated rings. The summed E-state index contributed by atoms with van der Waals surface area (Å²) in [6.45, 7) is 0.865. The van der Waals surface area contributed by atoms with Gasteiger partial charge in [-0.1, -0.05) is 36.4 Å². The van der Waals surface area contributed by atoms with Crippen molar-refractivity contribution in [2.24, 2.45) is 0 Å². The lowest BCUT2D eigenvalue weighted by molar-refractivity contribution is -0.145. The molecule has 2 heterocycles. The minimum atomic E-state index is -4.85. The topological polar surface area (TPSA) is 244 Å². The van der Waals surface area contributed by atoms with E-state index in [-0.39, 0.29) is 34.2 Å². The van der Waals surface area contributed by atoms with Gasteiger partial charge in [0.25, 0.3) is 21.6 Å². The number of nitrogens with zero attached hydrogens (tertiary/aromatic N) is 1. The molecule has 252 valence electrons. The molecule has 16 nitrogen and oxygen atoms in total. The second-order valence-corrected chi connectivity index (χ2v) is 12.3. The molecule has 1 unspecified atom stereocenters. The highest BCUT2D eigenvalue weighted by atomic mass is 32.2. The number of nitrogens with two attached hydrogens (primary N) is 1. The molecule has 0 spiro atoms. The minimum Gasteiger partial charge on any atom is -0.469 e. The van der Waals surface area contributed by atoms with Crippen molar-refractivity contribution in [3.63, 3.8) is 0 Å². The van der Waals surface area contributed by atoms with Crippen molar-refractivity contribution in [1.82, 2.24) is 15.3 Å². The molecule has 48 heavy (non-hydrogen) atoms. The van der Waals surface area contributed by atoms with Gasteiger partial charge in [-0.15, -0.1) is 0 Å². The van der Waals surface area contributed by atoms with Gasteiger partial charge in [-0.2, -0.15) is 13.4 Å². The van der Waals surface area contributed by atoms with E-state index in [1.165, 1.54) is 24.3 Å². The summed E-state index contributed by atoms with van der Waals surface area (Å²) in [5.74, 6) is -3.49. The summed E-state index contributed by atoms with van der Waals surface area (Å²) in [6, 6.07) is 14.0. The molecule has 1 aromatic heterocycles. The number of aromatic nitrogens is 2. The first-order valence-corrected chi connectivity index (χ1v) is 16.0. The first-order valence-electron chi connectivity index (χ1n) is 14.6. The second-order valence-electron chi connectivity index (χ2n) is 10.9. The number of anilines is 4. The Bertz CT molecular complexity index is 2030. The number of fused-ring (bicyclic) bond motifs is 2. The summed E-state index contributed by atoms with van der Waals surface area (Å²) in [7, 11) is -2.66. The number of benzene rings is 3. The number of H-pyrrole nitrogens is 1. The summed E-state index contributed by atoms with van der Waals surface area (Å²) in [5.41, 5.74) is 6.19. The quantitative estimate of drug-likeness (QED) is 0.0881. The van der Waals surface area contributed by atoms with Crippen molar-refractivity contribution < 1.29 is 36.8 Å². The molecule has 1 amide bonds. The average molecular weight is 680 g/mol. The Morgan fingerprint density at radius 2 is 1.75 bits per heavy atom. The van der Waals surface area contributed by atoms with Crippen LogP contribution in [0, 0.1) is 0 Å². The van der Waals surface area contributed by atoms with Crippen LogP contribution in [-0.2, 0) is 29.2 Å². The minimum absolute atomic E-state index is 0.00570. The van der Waals surface area contributed by atoms with E-state index in [1.54, 1.807) is 36.4 Å². The van der Waals surface area contributed by atoms with Gasteiger partial charge in [-0.05, 0) is 41.6 Å². The van der Waals surface area contributed by atoms with Crippen molar-refractivity contribution in [2.75, 3.05) is 49.0 Å². The standard InChI is InChI=1S/C31H33N7O9S/c1-46-29(41)22(21-12-9-16-5-3-4-6-20(16)25(21)48(43,44)45)13-23(30(42)47-2)36-27(39)17-7-10-18(11-8-17)33-14-19-15-34-26-24(35-19)28(40)38-31(32)37-26/h3-12,19,22-23,33,35H,13-15H2,1-2H3,(H,36,39)(H,43,44,45)(H4,32,34,37,38,40)/t19-,22?,23+/m1/s1. The number of esters is 2. The van der Waals surface area contributed by atoms with Crippen molar-refractivity contribution in [2.45, 2.75) is 29.3 Å². The monoisotopic (exact) mass is 679 g/mol. The number of methoxy groups -OCH3 is 2. The summed E-state index contributed by atoms with van der Waals surface area (Å²) < 4.78 is 45.1. The van der Waals surface area contributed by atoms with Crippen LogP contribution in [0.2, 0.25) is 0 Å². The Morgan fingerprint density at radius 1 is 1.04 bits per heavy atom. The van der Waals surface area contributed by atoms with Gasteiger partial charge in [0.1, 0.15) is 16.6 Å². The number of aromatic amines is 1. The first kappa shape index (κ1) is 33.7. The summed E-state index contributed by atoms with van der Waals surface area (Å²) in [6.07, 6.45) is -0.442. The van der Waals surface area contributed by atoms with Crippen LogP contribution in [0.1, 0.15) is 28.3 Å². The Hall–Kier alpha value is -5.68. The smallest absolute Gasteiger partial charge is 0.328 e. The van der Waals surface area contributed by atoms with Crippen molar-refractivity contribution in [3.8, 4) is 0 Å². The first-order chi connectivity index (χ1) is 22.9. The van der Waals surface area contributed by atoms with Gasteiger partial charge in [0.05, 0.1) is 26.2 Å². The number of hydrogen-bond donors (Lipinski definition) is 7. The van der Waals surface area contributed by atoms with Crippen molar-refractivity contribution in [3.05, 3.63) is 82.1 Å². The Morgan fingerprint density at radius 3 is 2.44 bits per heavy atom. The van der Waals surface area contributed by atoms with Gasteiger partial charge in [0.15, 0.2) is 5.82 Å². The number of carbonyl (C=O) groups is 3. The molecule has 0 aliphatic carbocycles. The number of rotatable bonds is 11. The van der Waals surface area contributed by atoms with Gasteiger partial charge < -0.3 is 36.5 Å². The number of carbonyl (C=O) groups excluding carboxylic acids is 3. The van der Waals surface area contributed by atoms with E-state index in [2.05, 4.69) is 31.2 Å². The van der Waals surface area contributed by atoms with Gasteiger partial charge in [-0.25, -0.2) is 4.79 Å². The molecule has 0 radical (unpaired) electrons. The van der Waals surface area contributed by atoms with Crippen LogP contribution in [-0.4, -0.2) is 80.2 Å². The molecular weight excluding hydrogens is 646 g/mol. The molecule has 3 aromatic carbocycles. The number of hydrogen-bond acceptors (Lipinski definition) is 13. The molecule has 0 saturated carbocycles. The van der Waals surface area contributed by atoms with Gasteiger partial charge in [0.2, 0.25) is 5.95 Å². The molecule has 3 atom stereocenters. The fourth-order valence-corrected chi connectivity index (χ4v) is 6.45. The van der Waals surface area contributed by atoms with Crippen LogP contribution in [0.15, 0.2) is 70.4 Å². The SMILES string of the molecule is COC(=O)C(C[C@H](NC(=O)c1ccc(NC[C@@H]2CNc3nc(N)[nH]c(=O)c3N2)cc1)C(=O)OC)c1ccc2ccccc2c1S(=O)(=O)O. The average Bonchev–Trinajstić information content (AvgIpc) is 3.07. The molecule has 5 rings (SSSR count). The maximum Gasteiger partial charge on any atom is 0.328 e. The second kappa shape index (κ2) is 14.0. The zero-order chi connectivity index (χ0) is 34.6. The van der Waals surface area contributed by atoms with Crippen LogP contribution in [0.25, 0.3) is 10.8 Å². The lowest BCUT2D eigenvalue weighted by Crippen LogP contribution is -2.43. The van der Waals surface area contributed by atoms with Crippen molar-refractivity contribution >= 4 is 61.9 Å². The Labute approximate surface area is 274 Å². The van der Waals surface area contributed by atoms with Crippen LogP contribution >= 0.6 is 0 Å². The third kappa shape index (κ3) is 7.31. The maximum atomic E-state index is 13.3. The lowest BCUT2D eigenvalue weighted by atomic mass is 9.90. The highest BCUT2D eigenvalue weighted by Gasteiger charge is 2.35. The number of nitrogens with one attached hydrogen (secondary N) is 5. The molecular formula is C31H33N7O9S. The molecule has 0 saturated heterocycles. The largest absolute Gasteiger partial charge is 0.469 e. The molecule has 4 aromatic rings. The van der Waals surface area contributed by atoms with E-state index in [0.29, 0.717) is 30.0 Å². The summed E-state index contributed by atoms with van der Waals surface area (Å²) >= 11 is 0. The van der Waals surface area contributed by atoms with Crippen LogP contribution in [0.5, 0.6) is 0 Å². The molecule has 1 aliphatic heterocycles. The van der Waals surface area contributed by atoms with Crippen LogP contribution in [0.4, 0.5) is 23.1 Å². The molecule has 0 bridgehead atoms. The molecule has 17 heteroatoms. The van der Waals surface area contributed by atoms with Gasteiger partial charge in [-0.3, -0.25) is 23.9 Å². The number of nitrogen functional groups attached to an aromatic ring is 1. The Kier molecular flexibility index (Phi) is 9.81. The number of ether oxygens (including phenoxy) is 2. The van der Waals surface area contributed by atoms with E-state index < -0.39 is 56.8 Å². The normalized spacial score (nSPS) is 15.2. The fourth-order valence-electron chi connectivity index (χ4n) is 5.48. The molecule has 1 aliphatic rings. The Balaban J connectivity index is 1.31. The van der Waals surface area contributed by atoms with Crippen LogP contribution < -0.4 is 32.6 Å². The highest BCUT2D eigenvalue weighted by molar-refractivity contribution is 7.86. The van der Waals surface area contributed by atoms with E-state index in [9.17, 15) is 32.1 Å². The van der Waals surface area contributed by atoms with Crippen LogP contribution in [0.3, 0.4) is 0 Å². The maximum absolute atomic E-state index is 13.3. The summed E-state index contributed by atoms with van der Waals surface area (Å²) in [4.78, 5) is 57.3. The zero-order valence-electron chi connectivity index (χ0n) is 25.8. The zero-order valence-corrected chi connectivity index (χ0v) is 26.6. The predicted octanol–water partition coefficient (Wildman–Crippen LogP) is 1.69.